The third kappa shape index (κ3) is 3.42. The summed E-state index contributed by atoms with van der Waals surface area (Å²) in [6.07, 6.45) is 3.49. The van der Waals surface area contributed by atoms with Crippen LogP contribution in [0.2, 0.25) is 5.02 Å². The molecule has 0 radical (unpaired) electrons. The molecule has 0 spiro atoms. The Morgan fingerprint density at radius 3 is 2.77 bits per heavy atom. The lowest BCUT2D eigenvalue weighted by Crippen LogP contribution is -2.35. The predicted molar refractivity (Wildman–Crippen MR) is 125 cm³/mol. The number of aryl methyl sites for hydroxylation is 1. The van der Waals surface area contributed by atoms with Crippen molar-refractivity contribution in [1.29, 1.82) is 5.41 Å². The summed E-state index contributed by atoms with van der Waals surface area (Å²) in [6.45, 7) is 8.07. The Bertz CT molecular complexity index is 1170. The van der Waals surface area contributed by atoms with E-state index in [4.69, 9.17) is 17.0 Å². The largest absolute Gasteiger partial charge is 0.318 e. The second-order valence-corrected chi connectivity index (χ2v) is 8.76. The highest BCUT2D eigenvalue weighted by molar-refractivity contribution is 8.26. The average molecular weight is 440 g/mol. The monoisotopic (exact) mass is 439 g/mol. The first-order chi connectivity index (χ1) is 14.3. The quantitative estimate of drug-likeness (QED) is 0.641. The fraction of sp³-hybridized carbons (Fsp3) is 0.273. The van der Waals surface area contributed by atoms with Crippen molar-refractivity contribution in [3.63, 3.8) is 0 Å². The highest BCUT2D eigenvalue weighted by atomic mass is 35.5. The van der Waals surface area contributed by atoms with Crippen molar-refractivity contribution >= 4 is 51.4 Å². The maximum absolute atomic E-state index is 12.7. The van der Waals surface area contributed by atoms with Gasteiger partial charge in [-0.25, -0.2) is 0 Å². The van der Waals surface area contributed by atoms with E-state index >= 15 is 0 Å². The van der Waals surface area contributed by atoms with Crippen LogP contribution in [-0.2, 0) is 4.79 Å². The van der Waals surface area contributed by atoms with Gasteiger partial charge < -0.3 is 4.57 Å². The van der Waals surface area contributed by atoms with Gasteiger partial charge in [-0.05, 0) is 80.8 Å². The minimum Gasteiger partial charge on any atom is -0.318 e. The van der Waals surface area contributed by atoms with Gasteiger partial charge in [0.05, 0.1) is 5.57 Å². The van der Waals surface area contributed by atoms with Crippen LogP contribution in [0.4, 0.5) is 0 Å². The molecule has 6 nitrogen and oxygen atoms in total. The second kappa shape index (κ2) is 7.89. The maximum Gasteiger partial charge on any atom is 0.283 e. The van der Waals surface area contributed by atoms with Gasteiger partial charge in [0.25, 0.3) is 5.91 Å². The van der Waals surface area contributed by atoms with Crippen LogP contribution < -0.4 is 0 Å². The summed E-state index contributed by atoms with van der Waals surface area (Å²) in [7, 11) is 0. The number of aromatic nitrogens is 1. The number of rotatable bonds is 4. The standard InChI is InChI=1S/C22H22ClN5OS/c1-5-7-19-26-28-20(24)16(21(29)25-22(28)30-19)11-15-10-12(2)27(14(15)4)18-9-6-8-17(23)13(18)3/h6,8-11,24H,5,7H2,1-4H3. The fourth-order valence-corrected chi connectivity index (χ4v) is 4.80. The number of carbonyl (C=O) groups is 1. The average Bonchev–Trinajstić information content (AvgIpc) is 3.22. The van der Waals surface area contributed by atoms with Crippen LogP contribution in [0, 0.1) is 26.2 Å². The van der Waals surface area contributed by atoms with Gasteiger partial charge >= 0.3 is 0 Å². The number of carbonyl (C=O) groups excluding carboxylic acids is 1. The molecule has 0 saturated carbocycles. The Kier molecular flexibility index (Phi) is 5.42. The third-order valence-electron chi connectivity index (χ3n) is 5.21. The summed E-state index contributed by atoms with van der Waals surface area (Å²) in [6, 6.07) is 7.83. The van der Waals surface area contributed by atoms with Crippen LogP contribution in [0.5, 0.6) is 0 Å². The molecule has 30 heavy (non-hydrogen) atoms. The molecule has 0 fully saturated rings. The molecule has 3 heterocycles. The van der Waals surface area contributed by atoms with E-state index in [-0.39, 0.29) is 11.4 Å². The summed E-state index contributed by atoms with van der Waals surface area (Å²) < 4.78 is 2.11. The number of amidine groups is 2. The van der Waals surface area contributed by atoms with Crippen molar-refractivity contribution in [2.45, 2.75) is 40.5 Å². The minimum absolute atomic E-state index is 0.0624. The fourth-order valence-electron chi connectivity index (χ4n) is 3.64. The van der Waals surface area contributed by atoms with E-state index in [1.165, 1.54) is 16.8 Å². The Hall–Kier alpha value is -2.64. The second-order valence-electron chi connectivity index (χ2n) is 7.31. The first kappa shape index (κ1) is 20.6. The Morgan fingerprint density at radius 2 is 2.03 bits per heavy atom. The first-order valence-corrected chi connectivity index (χ1v) is 10.9. The van der Waals surface area contributed by atoms with E-state index in [0.29, 0.717) is 10.2 Å². The number of thioether (sulfide) groups is 1. The lowest BCUT2D eigenvalue weighted by molar-refractivity contribution is -0.114. The number of benzene rings is 1. The van der Waals surface area contributed by atoms with E-state index in [9.17, 15) is 4.79 Å². The molecule has 0 bridgehead atoms. The molecule has 154 valence electrons. The number of halogens is 1. The van der Waals surface area contributed by atoms with Crippen molar-refractivity contribution in [2.75, 3.05) is 0 Å². The molecule has 0 unspecified atom stereocenters. The highest BCUT2D eigenvalue weighted by Crippen LogP contribution is 2.32. The number of amides is 1. The molecule has 0 saturated heterocycles. The molecule has 1 N–H and O–H groups in total. The van der Waals surface area contributed by atoms with Gasteiger partial charge in [0.1, 0.15) is 5.04 Å². The number of fused-ring (bicyclic) bond motifs is 1. The van der Waals surface area contributed by atoms with E-state index in [2.05, 4.69) is 21.6 Å². The van der Waals surface area contributed by atoms with Crippen LogP contribution in [-0.4, -0.2) is 31.5 Å². The molecule has 0 aliphatic carbocycles. The SMILES string of the molecule is CCCC1=NN2C(=N)C(=Cc3cc(C)n(-c4cccc(Cl)c4C)c3C)C(=O)N=C2S1. The van der Waals surface area contributed by atoms with Crippen molar-refractivity contribution in [1.82, 2.24) is 9.58 Å². The molecule has 1 aromatic carbocycles. The van der Waals surface area contributed by atoms with Crippen LogP contribution in [0.3, 0.4) is 0 Å². The molecule has 1 aromatic heterocycles. The van der Waals surface area contributed by atoms with E-state index < -0.39 is 5.91 Å². The summed E-state index contributed by atoms with van der Waals surface area (Å²) >= 11 is 7.69. The zero-order valence-electron chi connectivity index (χ0n) is 17.3. The zero-order valence-corrected chi connectivity index (χ0v) is 18.9. The zero-order chi connectivity index (χ0) is 21.6. The van der Waals surface area contributed by atoms with Crippen LogP contribution in [0.15, 0.2) is 39.9 Å². The topological polar surface area (TPSA) is 73.8 Å². The van der Waals surface area contributed by atoms with Gasteiger partial charge in [-0.1, -0.05) is 24.6 Å². The van der Waals surface area contributed by atoms with Gasteiger partial charge in [-0.15, -0.1) is 0 Å². The summed E-state index contributed by atoms with van der Waals surface area (Å²) in [5.41, 5.74) is 5.07. The van der Waals surface area contributed by atoms with Crippen molar-refractivity contribution in [3.8, 4) is 5.69 Å². The molecular weight excluding hydrogens is 418 g/mol. The molecule has 4 rings (SSSR count). The number of nitrogens with one attached hydrogen (secondary N) is 1. The number of hydrazone groups is 1. The Morgan fingerprint density at radius 1 is 1.27 bits per heavy atom. The number of hydrogen-bond acceptors (Lipinski definition) is 4. The van der Waals surface area contributed by atoms with E-state index in [1.807, 2.05) is 45.0 Å². The third-order valence-corrected chi connectivity index (χ3v) is 6.59. The smallest absolute Gasteiger partial charge is 0.283 e. The number of nitrogens with zero attached hydrogens (tertiary/aromatic N) is 4. The van der Waals surface area contributed by atoms with Gasteiger partial charge in [-0.2, -0.15) is 15.1 Å². The molecule has 2 aromatic rings. The Labute approximate surface area is 184 Å². The van der Waals surface area contributed by atoms with E-state index in [0.717, 1.165) is 46.1 Å². The molecule has 1 amide bonds. The van der Waals surface area contributed by atoms with Crippen molar-refractivity contribution < 1.29 is 4.79 Å². The van der Waals surface area contributed by atoms with Gasteiger partial charge in [0.15, 0.2) is 5.84 Å². The van der Waals surface area contributed by atoms with Gasteiger partial charge in [-0.3, -0.25) is 10.2 Å². The van der Waals surface area contributed by atoms with Crippen molar-refractivity contribution in [2.24, 2.45) is 10.1 Å². The lowest BCUT2D eigenvalue weighted by atomic mass is 10.1. The molecule has 8 heteroatoms. The summed E-state index contributed by atoms with van der Waals surface area (Å²) in [5, 5.41) is 16.5. The summed E-state index contributed by atoms with van der Waals surface area (Å²) in [4.78, 5) is 16.8. The molecule has 0 atom stereocenters. The van der Waals surface area contributed by atoms with Crippen LogP contribution in [0.25, 0.3) is 11.8 Å². The Balaban J connectivity index is 1.75. The van der Waals surface area contributed by atoms with Crippen LogP contribution in [0.1, 0.15) is 42.3 Å². The highest BCUT2D eigenvalue weighted by Gasteiger charge is 2.35. The molecule has 2 aliphatic rings. The summed E-state index contributed by atoms with van der Waals surface area (Å²) in [5.74, 6) is -0.345. The normalized spacial score (nSPS) is 17.5. The first-order valence-electron chi connectivity index (χ1n) is 9.75. The van der Waals surface area contributed by atoms with Crippen LogP contribution >= 0.6 is 23.4 Å². The van der Waals surface area contributed by atoms with E-state index in [1.54, 1.807) is 6.08 Å². The molecule has 2 aliphatic heterocycles. The van der Waals surface area contributed by atoms with Gasteiger partial charge in [0, 0.05) is 22.1 Å². The molecular formula is C22H22ClN5OS. The predicted octanol–water partition coefficient (Wildman–Crippen LogP) is 5.48. The minimum atomic E-state index is -0.407. The number of hydrogen-bond donors (Lipinski definition) is 1. The van der Waals surface area contributed by atoms with Gasteiger partial charge in [0.2, 0.25) is 5.17 Å². The maximum atomic E-state index is 12.7. The van der Waals surface area contributed by atoms with Crippen molar-refractivity contribution in [3.05, 3.63) is 57.4 Å². The number of aliphatic imine (C=N–C) groups is 1. The lowest BCUT2D eigenvalue weighted by Gasteiger charge is -2.20.